The number of H-pyrrole nitrogens is 1. The molecule has 4 heterocycles. The molecule has 12 heteroatoms. The highest BCUT2D eigenvalue weighted by Crippen LogP contribution is 2.31. The van der Waals surface area contributed by atoms with Crippen molar-refractivity contribution in [1.82, 2.24) is 25.5 Å². The number of aromatic amines is 1. The zero-order valence-electron chi connectivity index (χ0n) is 19.4. The summed E-state index contributed by atoms with van der Waals surface area (Å²) in [6, 6.07) is 6.11. The van der Waals surface area contributed by atoms with E-state index in [1.54, 1.807) is 18.2 Å². The molecule has 2 amide bonds. The molecule has 0 bridgehead atoms. The molecule has 0 unspecified atom stereocenters. The van der Waals surface area contributed by atoms with E-state index in [1.165, 1.54) is 11.3 Å². The third kappa shape index (κ3) is 4.42. The lowest BCUT2D eigenvalue weighted by molar-refractivity contribution is 0.0593. The van der Waals surface area contributed by atoms with Gasteiger partial charge in [0.25, 0.3) is 11.8 Å². The maximum Gasteiger partial charge on any atom is 0.509 e. The monoisotopic (exact) mass is 529 g/mol. The quantitative estimate of drug-likeness (QED) is 0.444. The van der Waals surface area contributed by atoms with Crippen molar-refractivity contribution < 1.29 is 23.9 Å². The number of rotatable bonds is 4. The van der Waals surface area contributed by atoms with E-state index in [4.69, 9.17) is 21.1 Å². The number of fused-ring (bicyclic) bond motifs is 3. The van der Waals surface area contributed by atoms with Gasteiger partial charge in [-0.15, -0.1) is 11.3 Å². The lowest BCUT2D eigenvalue weighted by Crippen LogP contribution is -2.58. The summed E-state index contributed by atoms with van der Waals surface area (Å²) in [5.41, 5.74) is 2.12. The predicted molar refractivity (Wildman–Crippen MR) is 132 cm³/mol. The number of hydrogen-bond donors (Lipinski definition) is 3. The smallest absolute Gasteiger partial charge is 0.427 e. The summed E-state index contributed by atoms with van der Waals surface area (Å²) in [4.78, 5) is 49.0. The Hall–Kier alpha value is -3.15. The van der Waals surface area contributed by atoms with Crippen LogP contribution in [0.1, 0.15) is 43.7 Å². The van der Waals surface area contributed by atoms with E-state index in [1.807, 2.05) is 13.1 Å². The highest BCUT2D eigenvalue weighted by Gasteiger charge is 2.47. The lowest BCUT2D eigenvalue weighted by Gasteiger charge is -2.36. The molecule has 188 valence electrons. The van der Waals surface area contributed by atoms with Crippen LogP contribution >= 0.6 is 22.9 Å². The molecular formula is C24H24ClN5O5S. The Bertz CT molecular complexity index is 1370. The number of carbonyl (C=O) groups is 3. The van der Waals surface area contributed by atoms with Crippen molar-refractivity contribution in [2.75, 3.05) is 13.6 Å². The molecule has 3 N–H and O–H groups in total. The van der Waals surface area contributed by atoms with Gasteiger partial charge in [0, 0.05) is 53.2 Å². The average molecular weight is 530 g/mol. The molecule has 3 aromatic rings. The Morgan fingerprint density at radius 2 is 1.86 bits per heavy atom. The number of amides is 2. The first-order valence-electron chi connectivity index (χ1n) is 11.8. The number of carbonyl (C=O) groups excluding carboxylic acids is 3. The van der Waals surface area contributed by atoms with Gasteiger partial charge in [-0.25, -0.2) is 9.78 Å². The fraction of sp³-hybridized carbons (Fsp3) is 0.417. The number of benzene rings is 1. The second kappa shape index (κ2) is 9.06. The van der Waals surface area contributed by atoms with Gasteiger partial charge < -0.3 is 30.0 Å². The van der Waals surface area contributed by atoms with E-state index in [0.717, 1.165) is 41.0 Å². The molecular weight excluding hydrogens is 506 g/mol. The molecule has 2 aromatic heterocycles. The van der Waals surface area contributed by atoms with E-state index in [2.05, 4.69) is 25.5 Å². The van der Waals surface area contributed by atoms with E-state index in [9.17, 15) is 14.4 Å². The number of likely N-dealkylation sites (N-methyl/N-ethyl adjacent to an activating group) is 1. The second-order valence-corrected chi connectivity index (χ2v) is 11.0. The van der Waals surface area contributed by atoms with Gasteiger partial charge in [-0.05, 0) is 31.3 Å². The Balaban J connectivity index is 1.21. The second-order valence-electron chi connectivity index (χ2n) is 9.49. The number of thiazole rings is 1. The fourth-order valence-electron chi connectivity index (χ4n) is 5.10. The number of nitrogens with one attached hydrogen (secondary N) is 3. The molecule has 1 saturated heterocycles. The van der Waals surface area contributed by atoms with E-state index >= 15 is 0 Å². The minimum absolute atomic E-state index is 0.301. The Labute approximate surface area is 215 Å². The van der Waals surface area contributed by atoms with Gasteiger partial charge in [0.05, 0.1) is 17.8 Å². The van der Waals surface area contributed by atoms with Crippen LogP contribution in [0.25, 0.3) is 10.9 Å². The normalized spacial score (nSPS) is 25.6. The van der Waals surface area contributed by atoms with Gasteiger partial charge >= 0.3 is 6.16 Å². The fourth-order valence-corrected chi connectivity index (χ4v) is 6.37. The SMILES string of the molecule is CN1CCc2nc(C(=O)N[C@H]3C[C@H]4OC(=O)O[C@H]4C[C@H]3NC(=O)c3cc4cc(Cl)ccc4[nH]3)sc2C1. The van der Waals surface area contributed by atoms with Crippen LogP contribution in [0, 0.1) is 0 Å². The van der Waals surface area contributed by atoms with Crippen molar-refractivity contribution in [1.29, 1.82) is 0 Å². The van der Waals surface area contributed by atoms with E-state index < -0.39 is 30.4 Å². The summed E-state index contributed by atoms with van der Waals surface area (Å²) >= 11 is 7.46. The van der Waals surface area contributed by atoms with E-state index in [0.29, 0.717) is 28.6 Å². The molecule has 3 aliphatic rings. The van der Waals surface area contributed by atoms with Crippen LogP contribution < -0.4 is 10.6 Å². The Kier molecular flexibility index (Phi) is 5.85. The number of halogens is 1. The molecule has 10 nitrogen and oxygen atoms in total. The summed E-state index contributed by atoms with van der Waals surface area (Å²) in [6.07, 6.45) is -0.248. The number of aromatic nitrogens is 2. The van der Waals surface area contributed by atoms with E-state index in [-0.39, 0.29) is 11.8 Å². The Morgan fingerprint density at radius 1 is 1.14 bits per heavy atom. The Morgan fingerprint density at radius 3 is 2.61 bits per heavy atom. The van der Waals surface area contributed by atoms with Crippen LogP contribution in [-0.4, -0.2) is 70.7 Å². The predicted octanol–water partition coefficient (Wildman–Crippen LogP) is 2.86. The minimum atomic E-state index is -0.730. The first kappa shape index (κ1) is 23.3. The summed E-state index contributed by atoms with van der Waals surface area (Å²) in [7, 11) is 2.04. The maximum atomic E-state index is 13.2. The van der Waals surface area contributed by atoms with Gasteiger partial charge in [-0.3, -0.25) is 9.59 Å². The molecule has 2 aliphatic heterocycles. The van der Waals surface area contributed by atoms with Crippen molar-refractivity contribution in [2.24, 2.45) is 0 Å². The van der Waals surface area contributed by atoms with Gasteiger partial charge in [0.1, 0.15) is 17.9 Å². The van der Waals surface area contributed by atoms with Gasteiger partial charge in [0.15, 0.2) is 5.01 Å². The van der Waals surface area contributed by atoms with Crippen LogP contribution in [0.4, 0.5) is 4.79 Å². The molecule has 6 rings (SSSR count). The van der Waals surface area contributed by atoms with Crippen LogP contribution in [0.2, 0.25) is 5.02 Å². The first-order valence-corrected chi connectivity index (χ1v) is 13.0. The summed E-state index contributed by atoms with van der Waals surface area (Å²) in [5, 5.41) is 7.83. The van der Waals surface area contributed by atoms with Crippen LogP contribution in [0.3, 0.4) is 0 Å². The van der Waals surface area contributed by atoms with Gasteiger partial charge in [-0.2, -0.15) is 0 Å². The highest BCUT2D eigenvalue weighted by atomic mass is 35.5. The van der Waals surface area contributed by atoms with Gasteiger partial charge in [-0.1, -0.05) is 11.6 Å². The molecule has 2 fully saturated rings. The number of hydrogen-bond acceptors (Lipinski definition) is 8. The molecule has 1 saturated carbocycles. The zero-order chi connectivity index (χ0) is 25.0. The topological polar surface area (TPSA) is 126 Å². The average Bonchev–Trinajstić information content (AvgIpc) is 3.54. The standard InChI is InChI=1S/C24H24ClN5O5S/c1-30-5-4-14-20(10-30)36-23(29-14)22(32)28-16-9-19-18(34-24(33)35-19)8-15(16)27-21(31)17-7-11-6-12(25)2-3-13(11)26-17/h2-3,6-7,15-16,18-19,26H,4-5,8-10H2,1H3,(H,27,31)(H,28,32)/t15-,16+,18+,19-/m1/s1. The molecule has 36 heavy (non-hydrogen) atoms. The van der Waals surface area contributed by atoms with Crippen LogP contribution in [0.15, 0.2) is 24.3 Å². The van der Waals surface area contributed by atoms with Crippen molar-refractivity contribution in [2.45, 2.75) is 50.1 Å². The van der Waals surface area contributed by atoms with Crippen molar-refractivity contribution in [3.63, 3.8) is 0 Å². The molecule has 4 atom stereocenters. The molecule has 1 aliphatic carbocycles. The number of ether oxygens (including phenoxy) is 2. The van der Waals surface area contributed by atoms with Crippen LogP contribution in [0.5, 0.6) is 0 Å². The summed E-state index contributed by atoms with van der Waals surface area (Å²) in [6.45, 7) is 1.68. The van der Waals surface area contributed by atoms with Crippen molar-refractivity contribution in [3.05, 3.63) is 50.6 Å². The zero-order valence-corrected chi connectivity index (χ0v) is 20.9. The van der Waals surface area contributed by atoms with Crippen molar-refractivity contribution in [3.8, 4) is 0 Å². The molecule has 0 spiro atoms. The minimum Gasteiger partial charge on any atom is -0.427 e. The third-order valence-corrected chi connectivity index (χ3v) is 8.26. The third-order valence-electron chi connectivity index (χ3n) is 6.94. The van der Waals surface area contributed by atoms with Crippen molar-refractivity contribution >= 4 is 51.8 Å². The maximum absolute atomic E-state index is 13.2. The largest absolute Gasteiger partial charge is 0.509 e. The first-order chi connectivity index (χ1) is 17.3. The molecule has 1 aromatic carbocycles. The lowest BCUT2D eigenvalue weighted by atomic mass is 9.86. The van der Waals surface area contributed by atoms with Crippen LogP contribution in [-0.2, 0) is 22.4 Å². The number of nitrogens with zero attached hydrogens (tertiary/aromatic N) is 2. The summed E-state index contributed by atoms with van der Waals surface area (Å²) in [5.74, 6) is -0.631. The molecule has 0 radical (unpaired) electrons. The highest BCUT2D eigenvalue weighted by molar-refractivity contribution is 7.13. The van der Waals surface area contributed by atoms with Gasteiger partial charge in [0.2, 0.25) is 0 Å². The summed E-state index contributed by atoms with van der Waals surface area (Å²) < 4.78 is 10.6.